The number of phenols is 2. The van der Waals surface area contributed by atoms with E-state index in [0.29, 0.717) is 5.56 Å². The summed E-state index contributed by atoms with van der Waals surface area (Å²) < 4.78 is 0. The number of phenolic OH excluding ortho intramolecular Hbond substituents is 2. The van der Waals surface area contributed by atoms with Gasteiger partial charge in [-0.15, -0.1) is 0 Å². The summed E-state index contributed by atoms with van der Waals surface area (Å²) in [6.07, 6.45) is 4.02. The van der Waals surface area contributed by atoms with Gasteiger partial charge in [0.15, 0.2) is 11.5 Å². The molecule has 0 atom stereocenters. The van der Waals surface area contributed by atoms with E-state index < -0.39 is 5.97 Å². The summed E-state index contributed by atoms with van der Waals surface area (Å²) in [7, 11) is 0. The molecule has 0 radical (unpaired) electrons. The predicted octanol–water partition coefficient (Wildman–Crippen LogP) is 1.65. The SMILES string of the molecule is N#CC(=CC=Cc1ccc(O)c(O)c1)C(=O)O. The molecule has 3 N–H and O–H groups in total. The molecule has 0 unspecified atom stereocenters. The summed E-state index contributed by atoms with van der Waals surface area (Å²) >= 11 is 0. The van der Waals surface area contributed by atoms with E-state index in [-0.39, 0.29) is 17.1 Å². The van der Waals surface area contributed by atoms with Gasteiger partial charge in [-0.05, 0) is 23.8 Å². The summed E-state index contributed by atoms with van der Waals surface area (Å²) in [5.41, 5.74) is 0.184. The summed E-state index contributed by atoms with van der Waals surface area (Å²) in [4.78, 5) is 10.5. The van der Waals surface area contributed by atoms with Crippen molar-refractivity contribution in [2.24, 2.45) is 0 Å². The van der Waals surface area contributed by atoms with Crippen LogP contribution < -0.4 is 0 Å². The lowest BCUT2D eigenvalue weighted by atomic mass is 10.1. The largest absolute Gasteiger partial charge is 0.504 e. The Bertz CT molecular complexity index is 538. The molecule has 0 saturated carbocycles. The van der Waals surface area contributed by atoms with Crippen LogP contribution in [0.15, 0.2) is 35.9 Å². The van der Waals surface area contributed by atoms with Gasteiger partial charge in [-0.2, -0.15) is 5.26 Å². The summed E-state index contributed by atoms with van der Waals surface area (Å²) in [6.45, 7) is 0. The number of hydrogen-bond acceptors (Lipinski definition) is 4. The third-order valence-corrected chi connectivity index (χ3v) is 1.90. The van der Waals surface area contributed by atoms with E-state index in [1.165, 1.54) is 36.4 Å². The number of allylic oxidation sites excluding steroid dienone is 2. The second kappa shape index (κ2) is 5.37. The Morgan fingerprint density at radius 3 is 2.53 bits per heavy atom. The highest BCUT2D eigenvalue weighted by molar-refractivity contribution is 5.91. The molecule has 0 heterocycles. The van der Waals surface area contributed by atoms with Crippen LogP contribution in [0, 0.1) is 11.3 Å². The first kappa shape index (κ1) is 12.3. The average molecular weight is 231 g/mol. The van der Waals surface area contributed by atoms with E-state index in [4.69, 9.17) is 15.5 Å². The van der Waals surface area contributed by atoms with Gasteiger partial charge >= 0.3 is 5.97 Å². The number of carboxylic acid groups (broad SMARTS) is 1. The number of aliphatic carboxylic acids is 1. The number of benzene rings is 1. The summed E-state index contributed by atoms with van der Waals surface area (Å²) in [5.74, 6) is -1.80. The molecular formula is C12H9NO4. The fourth-order valence-electron chi connectivity index (χ4n) is 1.06. The first-order valence-corrected chi connectivity index (χ1v) is 4.58. The van der Waals surface area contributed by atoms with Gasteiger partial charge in [0.25, 0.3) is 0 Å². The van der Waals surface area contributed by atoms with Crippen molar-refractivity contribution in [1.82, 2.24) is 0 Å². The molecule has 1 aromatic rings. The highest BCUT2D eigenvalue weighted by Gasteiger charge is 2.02. The second-order valence-electron chi connectivity index (χ2n) is 3.10. The van der Waals surface area contributed by atoms with Gasteiger partial charge in [0.2, 0.25) is 0 Å². The van der Waals surface area contributed by atoms with E-state index in [1.807, 2.05) is 0 Å². The number of hydrogen-bond donors (Lipinski definition) is 3. The highest BCUT2D eigenvalue weighted by Crippen LogP contribution is 2.25. The quantitative estimate of drug-likeness (QED) is 0.317. The Balaban J connectivity index is 2.88. The van der Waals surface area contributed by atoms with E-state index in [9.17, 15) is 9.90 Å². The Hall–Kier alpha value is -2.74. The van der Waals surface area contributed by atoms with Crippen LogP contribution in [0.1, 0.15) is 5.56 Å². The number of carboxylic acids is 1. The molecule has 0 aromatic heterocycles. The van der Waals surface area contributed by atoms with Crippen LogP contribution in [0.2, 0.25) is 0 Å². The van der Waals surface area contributed by atoms with Crippen molar-refractivity contribution >= 4 is 12.0 Å². The Labute approximate surface area is 97.2 Å². The molecule has 1 rings (SSSR count). The zero-order valence-electron chi connectivity index (χ0n) is 8.66. The van der Waals surface area contributed by atoms with Gasteiger partial charge in [0, 0.05) is 0 Å². The molecule has 0 aliphatic carbocycles. The number of nitrogens with zero attached hydrogens (tertiary/aromatic N) is 1. The molecule has 86 valence electrons. The molecule has 0 aliphatic rings. The van der Waals surface area contributed by atoms with Crippen LogP contribution in [0.4, 0.5) is 0 Å². The van der Waals surface area contributed by atoms with Gasteiger partial charge in [0.1, 0.15) is 11.6 Å². The third-order valence-electron chi connectivity index (χ3n) is 1.90. The lowest BCUT2D eigenvalue weighted by Crippen LogP contribution is -1.96. The van der Waals surface area contributed by atoms with Crippen LogP contribution in [-0.2, 0) is 4.79 Å². The Morgan fingerprint density at radius 2 is 2.00 bits per heavy atom. The fourth-order valence-corrected chi connectivity index (χ4v) is 1.06. The number of aromatic hydroxyl groups is 2. The van der Waals surface area contributed by atoms with Crippen LogP contribution in [0.5, 0.6) is 11.5 Å². The molecule has 5 heteroatoms. The van der Waals surface area contributed by atoms with Crippen molar-refractivity contribution in [2.45, 2.75) is 0 Å². The van der Waals surface area contributed by atoms with E-state index in [2.05, 4.69) is 0 Å². The van der Waals surface area contributed by atoms with Crippen molar-refractivity contribution in [1.29, 1.82) is 5.26 Å². The maximum absolute atomic E-state index is 10.5. The van der Waals surface area contributed by atoms with E-state index >= 15 is 0 Å². The van der Waals surface area contributed by atoms with Gasteiger partial charge in [-0.25, -0.2) is 4.79 Å². The first-order chi connectivity index (χ1) is 8.04. The molecule has 5 nitrogen and oxygen atoms in total. The molecule has 0 amide bonds. The minimum absolute atomic E-state index is 0.235. The fraction of sp³-hybridized carbons (Fsp3) is 0. The van der Waals surface area contributed by atoms with E-state index in [1.54, 1.807) is 0 Å². The molecule has 0 saturated heterocycles. The maximum Gasteiger partial charge on any atom is 0.346 e. The van der Waals surface area contributed by atoms with Crippen molar-refractivity contribution < 1.29 is 20.1 Å². The van der Waals surface area contributed by atoms with Crippen molar-refractivity contribution in [3.05, 3.63) is 41.5 Å². The molecule has 1 aromatic carbocycles. The van der Waals surface area contributed by atoms with Crippen LogP contribution in [-0.4, -0.2) is 21.3 Å². The van der Waals surface area contributed by atoms with Gasteiger partial charge in [0.05, 0.1) is 0 Å². The normalized spacial score (nSPS) is 11.4. The zero-order chi connectivity index (χ0) is 12.8. The highest BCUT2D eigenvalue weighted by atomic mass is 16.4. The van der Waals surface area contributed by atoms with Crippen LogP contribution in [0.25, 0.3) is 6.08 Å². The lowest BCUT2D eigenvalue weighted by molar-refractivity contribution is -0.132. The van der Waals surface area contributed by atoms with E-state index in [0.717, 1.165) is 6.08 Å². The molecular weight excluding hydrogens is 222 g/mol. The maximum atomic E-state index is 10.5. The van der Waals surface area contributed by atoms with Gasteiger partial charge in [-0.1, -0.05) is 18.2 Å². The first-order valence-electron chi connectivity index (χ1n) is 4.58. The minimum Gasteiger partial charge on any atom is -0.504 e. The van der Waals surface area contributed by atoms with Crippen molar-refractivity contribution in [2.75, 3.05) is 0 Å². The monoisotopic (exact) mass is 231 g/mol. The van der Waals surface area contributed by atoms with Gasteiger partial charge < -0.3 is 15.3 Å². The standard InChI is InChI=1S/C12H9NO4/c13-7-9(12(16)17)3-1-2-8-4-5-10(14)11(15)6-8/h1-6,14-15H,(H,16,17). The minimum atomic E-state index is -1.30. The van der Waals surface area contributed by atoms with Crippen molar-refractivity contribution in [3.63, 3.8) is 0 Å². The zero-order valence-corrected chi connectivity index (χ0v) is 8.66. The number of carbonyl (C=O) groups is 1. The van der Waals surface area contributed by atoms with Crippen LogP contribution in [0.3, 0.4) is 0 Å². The summed E-state index contributed by atoms with van der Waals surface area (Å²) in [5, 5.41) is 35.3. The Morgan fingerprint density at radius 1 is 1.29 bits per heavy atom. The molecule has 0 fully saturated rings. The molecule has 0 bridgehead atoms. The second-order valence-corrected chi connectivity index (χ2v) is 3.10. The molecule has 0 aliphatic heterocycles. The predicted molar refractivity (Wildman–Crippen MR) is 60.1 cm³/mol. The Kier molecular flexibility index (Phi) is 3.90. The van der Waals surface area contributed by atoms with Gasteiger partial charge in [-0.3, -0.25) is 0 Å². The van der Waals surface area contributed by atoms with Crippen molar-refractivity contribution in [3.8, 4) is 17.6 Å². The topological polar surface area (TPSA) is 102 Å². The smallest absolute Gasteiger partial charge is 0.346 e. The third kappa shape index (κ3) is 3.39. The summed E-state index contributed by atoms with van der Waals surface area (Å²) in [6, 6.07) is 5.68. The average Bonchev–Trinajstić information content (AvgIpc) is 2.28. The lowest BCUT2D eigenvalue weighted by Gasteiger charge is -1.97. The van der Waals surface area contributed by atoms with Crippen LogP contribution >= 0.6 is 0 Å². The number of rotatable bonds is 3. The number of nitriles is 1. The molecule has 0 spiro atoms. The molecule has 17 heavy (non-hydrogen) atoms.